The highest BCUT2D eigenvalue weighted by atomic mass is 16.5. The number of rotatable bonds is 15. The Morgan fingerprint density at radius 1 is 0.389 bits per heavy atom. The summed E-state index contributed by atoms with van der Waals surface area (Å²) in [4.78, 5) is 8.27. The third kappa shape index (κ3) is 8.13. The minimum absolute atomic E-state index is 0.628. The van der Waals surface area contributed by atoms with Crippen LogP contribution < -0.4 is 18.6 Å². The van der Waals surface area contributed by atoms with Crippen molar-refractivity contribution in [3.63, 3.8) is 0 Å². The van der Waals surface area contributed by atoms with Crippen molar-refractivity contribution in [2.75, 3.05) is 13.2 Å². The summed E-state index contributed by atoms with van der Waals surface area (Å²) in [5, 5.41) is 4.68. The molecule has 0 aliphatic rings. The van der Waals surface area contributed by atoms with Crippen molar-refractivity contribution in [1.29, 1.82) is 0 Å². The highest BCUT2D eigenvalue weighted by Gasteiger charge is 2.19. The van der Waals surface area contributed by atoms with Gasteiger partial charge in [0, 0.05) is 73.0 Å². The van der Waals surface area contributed by atoms with Crippen molar-refractivity contribution in [3.8, 4) is 44.9 Å². The van der Waals surface area contributed by atoms with Crippen LogP contribution in [0.15, 0.2) is 171 Å². The Morgan fingerprint density at radius 2 is 0.778 bits per heavy atom. The van der Waals surface area contributed by atoms with Crippen LogP contribution in [0.5, 0.6) is 11.5 Å². The van der Waals surface area contributed by atoms with Crippen LogP contribution in [-0.2, 0) is 13.1 Å². The van der Waals surface area contributed by atoms with Crippen molar-refractivity contribution in [2.24, 2.45) is 0 Å². The molecule has 0 saturated carbocycles. The first-order valence-corrected chi connectivity index (χ1v) is 18.9. The van der Waals surface area contributed by atoms with E-state index in [1.165, 1.54) is 33.0 Å². The Morgan fingerprint density at radius 3 is 1.20 bits per heavy atom. The molecule has 0 amide bonds. The van der Waals surface area contributed by atoms with Crippen molar-refractivity contribution in [3.05, 3.63) is 171 Å². The third-order valence-corrected chi connectivity index (χ3v) is 9.98. The molecule has 8 aromatic rings. The molecule has 0 unspecified atom stereocenters. The molecule has 54 heavy (non-hydrogen) atoms. The van der Waals surface area contributed by atoms with Crippen molar-refractivity contribution in [2.45, 2.75) is 38.8 Å². The molecule has 0 bridgehead atoms. The Hall–Kier alpha value is -6.40. The summed E-state index contributed by atoms with van der Waals surface area (Å²) in [5.41, 5.74) is 6.92. The van der Waals surface area contributed by atoms with Gasteiger partial charge in [0.25, 0.3) is 0 Å². The van der Waals surface area contributed by atoms with Crippen LogP contribution in [0.25, 0.3) is 54.9 Å². The number of hydrogen-bond donors (Lipinski definition) is 0. The van der Waals surface area contributed by atoms with E-state index in [1.807, 2.05) is 49.1 Å². The van der Waals surface area contributed by atoms with Gasteiger partial charge >= 0.3 is 0 Å². The Labute approximate surface area is 317 Å². The standard InChI is InChI=1S/C48H44N4O2/c1-3-11-43-41(9-1)13-15-45(53-35-7-5-29-51-31-21-39(22-32-51)37-17-25-49-26-18-37)47(43)48-44-12-4-2-10-42(44)14-16-46(48)54-36-8-6-30-52-33-23-40(24-34-52)38-19-27-50-28-20-38/h1-4,9-28,31-34H,5-8,29-30,35-36H2/q+2. The molecule has 6 heteroatoms. The SMILES string of the molecule is c1ccc2c(-c3c(OCCCC[n+]4ccc(-c5ccncc5)cc4)ccc4ccccc34)c(OCCCC[n+]3ccc(-c4ccncc4)cc3)ccc2c1. The first-order chi connectivity index (χ1) is 26.8. The molecule has 0 aliphatic carbocycles. The van der Waals surface area contributed by atoms with E-state index < -0.39 is 0 Å². The first-order valence-electron chi connectivity index (χ1n) is 18.9. The summed E-state index contributed by atoms with van der Waals surface area (Å²) < 4.78 is 17.8. The average molecular weight is 709 g/mol. The fourth-order valence-electron chi connectivity index (χ4n) is 7.10. The Kier molecular flexibility index (Phi) is 10.9. The lowest BCUT2D eigenvalue weighted by Crippen LogP contribution is -2.32. The van der Waals surface area contributed by atoms with Crippen molar-refractivity contribution in [1.82, 2.24) is 9.97 Å². The molecule has 0 aliphatic heterocycles. The van der Waals surface area contributed by atoms with E-state index in [-0.39, 0.29) is 0 Å². The lowest BCUT2D eigenvalue weighted by Gasteiger charge is -2.20. The number of aryl methyl sites for hydroxylation is 2. The van der Waals surface area contributed by atoms with Crippen LogP contribution in [0.3, 0.4) is 0 Å². The molecule has 0 N–H and O–H groups in total. The number of aromatic nitrogens is 4. The van der Waals surface area contributed by atoms with Gasteiger partial charge in [0.1, 0.15) is 24.6 Å². The largest absolute Gasteiger partial charge is 0.493 e. The number of unbranched alkanes of at least 4 members (excludes halogenated alkanes) is 2. The number of ether oxygens (including phenoxy) is 2. The highest BCUT2D eigenvalue weighted by Crippen LogP contribution is 2.45. The summed E-state index contributed by atoms with van der Waals surface area (Å²) in [6.07, 6.45) is 19.8. The van der Waals surface area contributed by atoms with Gasteiger partial charge in [0.2, 0.25) is 0 Å². The summed E-state index contributed by atoms with van der Waals surface area (Å²) in [6, 6.07) is 42.6. The van der Waals surface area contributed by atoms with Gasteiger partial charge < -0.3 is 9.47 Å². The normalized spacial score (nSPS) is 11.2. The molecule has 0 saturated heterocycles. The van der Waals surface area contributed by atoms with E-state index in [0.717, 1.165) is 72.2 Å². The van der Waals surface area contributed by atoms with Crippen molar-refractivity contribution < 1.29 is 18.6 Å². The van der Waals surface area contributed by atoms with Crippen LogP contribution in [0.2, 0.25) is 0 Å². The predicted octanol–water partition coefficient (Wildman–Crippen LogP) is 10.1. The molecule has 4 aromatic heterocycles. The zero-order valence-corrected chi connectivity index (χ0v) is 30.4. The van der Waals surface area contributed by atoms with Gasteiger partial charge in [-0.15, -0.1) is 0 Å². The zero-order chi connectivity index (χ0) is 36.4. The smallest absolute Gasteiger partial charge is 0.169 e. The molecule has 266 valence electrons. The zero-order valence-electron chi connectivity index (χ0n) is 30.4. The molecule has 4 heterocycles. The van der Waals surface area contributed by atoms with E-state index in [1.54, 1.807) is 0 Å². The summed E-state index contributed by atoms with van der Waals surface area (Å²) in [7, 11) is 0. The van der Waals surface area contributed by atoms with Crippen molar-refractivity contribution >= 4 is 21.5 Å². The molecular weight excluding hydrogens is 665 g/mol. The first kappa shape index (κ1) is 34.7. The minimum atomic E-state index is 0.628. The quantitative estimate of drug-likeness (QED) is 0.0786. The number of hydrogen-bond acceptors (Lipinski definition) is 4. The average Bonchev–Trinajstić information content (AvgIpc) is 3.24. The molecule has 0 fully saturated rings. The van der Waals surface area contributed by atoms with Crippen LogP contribution in [0.4, 0.5) is 0 Å². The van der Waals surface area contributed by atoms with E-state index in [4.69, 9.17) is 9.47 Å². The fraction of sp³-hybridized carbons (Fsp3) is 0.167. The van der Waals surface area contributed by atoms with Gasteiger partial charge in [-0.3, -0.25) is 9.97 Å². The lowest BCUT2D eigenvalue weighted by molar-refractivity contribution is -0.697. The number of pyridine rings is 4. The Balaban J connectivity index is 0.957. The van der Waals surface area contributed by atoms with Gasteiger partial charge in [-0.05, 0) is 93.0 Å². The molecule has 4 aromatic carbocycles. The second-order valence-electron chi connectivity index (χ2n) is 13.6. The van der Waals surface area contributed by atoms with Gasteiger partial charge in [-0.1, -0.05) is 60.7 Å². The summed E-state index contributed by atoms with van der Waals surface area (Å²) in [6.45, 7) is 3.12. The predicted molar refractivity (Wildman–Crippen MR) is 216 cm³/mol. The molecule has 0 spiro atoms. The summed E-state index contributed by atoms with van der Waals surface area (Å²) in [5.74, 6) is 1.77. The molecular formula is C48H44N4O2+2. The second-order valence-corrected chi connectivity index (χ2v) is 13.6. The number of benzene rings is 4. The van der Waals surface area contributed by atoms with Crippen LogP contribution >= 0.6 is 0 Å². The topological polar surface area (TPSA) is 52.0 Å². The third-order valence-electron chi connectivity index (χ3n) is 9.98. The number of fused-ring (bicyclic) bond motifs is 2. The molecule has 8 rings (SSSR count). The summed E-state index contributed by atoms with van der Waals surface area (Å²) >= 11 is 0. The molecule has 0 radical (unpaired) electrons. The second kappa shape index (κ2) is 17.0. The van der Waals surface area contributed by atoms with Crippen LogP contribution in [0.1, 0.15) is 25.7 Å². The maximum Gasteiger partial charge on any atom is 0.169 e. The van der Waals surface area contributed by atoms with Crippen LogP contribution in [-0.4, -0.2) is 23.2 Å². The van der Waals surface area contributed by atoms with E-state index in [0.29, 0.717) is 13.2 Å². The van der Waals surface area contributed by atoms with Gasteiger partial charge in [0.05, 0.1) is 13.2 Å². The Bertz CT molecular complexity index is 2260. The minimum Gasteiger partial charge on any atom is -0.493 e. The van der Waals surface area contributed by atoms with E-state index in [2.05, 4.69) is 141 Å². The van der Waals surface area contributed by atoms with Gasteiger partial charge in [0.15, 0.2) is 24.8 Å². The lowest BCUT2D eigenvalue weighted by atomic mass is 9.92. The molecule has 0 atom stereocenters. The highest BCUT2D eigenvalue weighted by molar-refractivity contribution is 6.09. The number of nitrogens with zero attached hydrogens (tertiary/aromatic N) is 4. The van der Waals surface area contributed by atoms with Gasteiger partial charge in [-0.25, -0.2) is 9.13 Å². The monoisotopic (exact) mass is 708 g/mol. The van der Waals surface area contributed by atoms with Crippen LogP contribution in [0, 0.1) is 0 Å². The fourth-order valence-corrected chi connectivity index (χ4v) is 7.10. The van der Waals surface area contributed by atoms with E-state index >= 15 is 0 Å². The van der Waals surface area contributed by atoms with Gasteiger partial charge in [-0.2, -0.15) is 0 Å². The maximum atomic E-state index is 6.67. The maximum absolute atomic E-state index is 6.67. The van der Waals surface area contributed by atoms with E-state index in [9.17, 15) is 0 Å². The molecule has 6 nitrogen and oxygen atoms in total.